The van der Waals surface area contributed by atoms with Gasteiger partial charge in [-0.3, -0.25) is 4.99 Å². The molecule has 1 aromatic heterocycles. The summed E-state index contributed by atoms with van der Waals surface area (Å²) in [6.45, 7) is 8.86. The molecule has 0 spiro atoms. The molecule has 1 aliphatic heterocycles. The number of piperidine rings is 1. The highest BCUT2D eigenvalue weighted by atomic mass is 127. The Morgan fingerprint density at radius 3 is 2.46 bits per heavy atom. The molecule has 0 radical (unpaired) electrons. The topological polar surface area (TPSA) is 53.7 Å². The molecule has 1 N–H and O–H groups in total. The van der Waals surface area contributed by atoms with E-state index in [-0.39, 0.29) is 29.4 Å². The van der Waals surface area contributed by atoms with E-state index in [2.05, 4.69) is 77.4 Å². The molecule has 1 aromatic carbocycles. The number of hydrogen-bond donors (Lipinski definition) is 1. The number of nitrogens with one attached hydrogen (secondary N) is 1. The molecule has 1 saturated heterocycles. The van der Waals surface area contributed by atoms with Gasteiger partial charge in [0.05, 0.1) is 12.7 Å². The second kappa shape index (κ2) is 10.1. The van der Waals surface area contributed by atoms with Crippen molar-refractivity contribution in [1.29, 1.82) is 0 Å². The van der Waals surface area contributed by atoms with Gasteiger partial charge in [0, 0.05) is 25.6 Å². The minimum absolute atomic E-state index is 0. The molecule has 1 aliphatic rings. The highest BCUT2D eigenvalue weighted by molar-refractivity contribution is 14.0. The van der Waals surface area contributed by atoms with E-state index in [1.807, 2.05) is 13.2 Å². The first-order chi connectivity index (χ1) is 13.0. The number of benzene rings is 1. The van der Waals surface area contributed by atoms with E-state index in [0.717, 1.165) is 37.7 Å². The third-order valence-corrected chi connectivity index (χ3v) is 4.78. The maximum absolute atomic E-state index is 5.86. The molecule has 152 valence electrons. The van der Waals surface area contributed by atoms with E-state index in [1.54, 1.807) is 0 Å². The number of halogens is 1. The summed E-state index contributed by atoms with van der Waals surface area (Å²) in [5.74, 6) is 2.51. The minimum Gasteiger partial charge on any atom is -0.443 e. The first-order valence-corrected chi connectivity index (χ1v) is 9.61. The average molecular weight is 494 g/mol. The molecular formula is C22H31IN4O. The Labute approximate surface area is 185 Å². The van der Waals surface area contributed by atoms with Crippen LogP contribution in [0.15, 0.2) is 51.5 Å². The van der Waals surface area contributed by atoms with E-state index in [9.17, 15) is 0 Å². The summed E-state index contributed by atoms with van der Waals surface area (Å²) >= 11 is 0. The zero-order valence-corrected chi connectivity index (χ0v) is 19.6. The number of likely N-dealkylation sites (tertiary alicyclic amines) is 1. The predicted octanol–water partition coefficient (Wildman–Crippen LogP) is 4.84. The van der Waals surface area contributed by atoms with Crippen LogP contribution in [0.4, 0.5) is 0 Å². The monoisotopic (exact) mass is 494 g/mol. The van der Waals surface area contributed by atoms with Gasteiger partial charge in [0.1, 0.15) is 5.76 Å². The molecule has 3 rings (SSSR count). The van der Waals surface area contributed by atoms with Crippen LogP contribution in [0.5, 0.6) is 0 Å². The summed E-state index contributed by atoms with van der Waals surface area (Å²) in [6.07, 6.45) is 6.25. The lowest BCUT2D eigenvalue weighted by molar-refractivity contribution is 0.361. The van der Waals surface area contributed by atoms with Crippen LogP contribution in [0.1, 0.15) is 50.8 Å². The standard InChI is InChI=1S/C22H30N4O.HI/c1-22(2,3)19-15-24-20(27-19)16-25-21(23-4)26-12-10-18(11-13-26)14-17-8-6-5-7-9-17;/h5-9,14-15H,10-13,16H2,1-4H3,(H,23,25);1H. The van der Waals surface area contributed by atoms with Crippen LogP contribution < -0.4 is 5.32 Å². The molecule has 0 unspecified atom stereocenters. The van der Waals surface area contributed by atoms with Crippen molar-refractivity contribution in [3.05, 3.63) is 59.3 Å². The molecule has 0 bridgehead atoms. The molecule has 1 fully saturated rings. The van der Waals surface area contributed by atoms with E-state index in [4.69, 9.17) is 4.42 Å². The predicted molar refractivity (Wildman–Crippen MR) is 126 cm³/mol. The lowest BCUT2D eigenvalue weighted by Gasteiger charge is -2.31. The largest absolute Gasteiger partial charge is 0.443 e. The maximum atomic E-state index is 5.86. The number of rotatable bonds is 3. The molecular weight excluding hydrogens is 463 g/mol. The number of oxazole rings is 1. The fourth-order valence-electron chi connectivity index (χ4n) is 3.16. The molecule has 5 nitrogen and oxygen atoms in total. The Morgan fingerprint density at radius 1 is 1.21 bits per heavy atom. The Balaban J connectivity index is 0.00000280. The Hall–Kier alpha value is -1.83. The van der Waals surface area contributed by atoms with Crippen molar-refractivity contribution >= 4 is 36.0 Å². The average Bonchev–Trinajstić information content (AvgIpc) is 3.14. The highest BCUT2D eigenvalue weighted by Gasteiger charge is 2.20. The van der Waals surface area contributed by atoms with Crippen LogP contribution in [0.3, 0.4) is 0 Å². The Kier molecular flexibility index (Phi) is 8.10. The van der Waals surface area contributed by atoms with Crippen LogP contribution >= 0.6 is 24.0 Å². The summed E-state index contributed by atoms with van der Waals surface area (Å²) < 4.78 is 5.86. The third kappa shape index (κ3) is 6.09. The van der Waals surface area contributed by atoms with Gasteiger partial charge in [0.25, 0.3) is 0 Å². The Morgan fingerprint density at radius 2 is 1.89 bits per heavy atom. The molecule has 28 heavy (non-hydrogen) atoms. The second-order valence-corrected chi connectivity index (χ2v) is 7.97. The lowest BCUT2D eigenvalue weighted by atomic mass is 9.94. The van der Waals surface area contributed by atoms with E-state index < -0.39 is 0 Å². The molecule has 6 heteroatoms. The summed E-state index contributed by atoms with van der Waals surface area (Å²) in [6, 6.07) is 10.5. The Bertz CT molecular complexity index is 795. The van der Waals surface area contributed by atoms with Gasteiger partial charge in [-0.05, 0) is 18.4 Å². The van der Waals surface area contributed by atoms with Gasteiger partial charge in [-0.15, -0.1) is 24.0 Å². The van der Waals surface area contributed by atoms with Crippen molar-refractivity contribution in [3.8, 4) is 0 Å². The summed E-state index contributed by atoms with van der Waals surface area (Å²) in [4.78, 5) is 11.1. The first-order valence-electron chi connectivity index (χ1n) is 9.61. The number of nitrogens with zero attached hydrogens (tertiary/aromatic N) is 3. The first kappa shape index (κ1) is 22.5. The molecule has 2 heterocycles. The number of aliphatic imine (C=N–C) groups is 1. The molecule has 0 amide bonds. The minimum atomic E-state index is -0.0265. The molecule has 0 aliphatic carbocycles. The van der Waals surface area contributed by atoms with Crippen LogP contribution in [0.2, 0.25) is 0 Å². The summed E-state index contributed by atoms with van der Waals surface area (Å²) in [5, 5.41) is 3.38. The van der Waals surface area contributed by atoms with Gasteiger partial charge in [-0.2, -0.15) is 0 Å². The summed E-state index contributed by atoms with van der Waals surface area (Å²) in [5.41, 5.74) is 2.75. The smallest absolute Gasteiger partial charge is 0.213 e. The zero-order chi connectivity index (χ0) is 19.3. The number of hydrogen-bond acceptors (Lipinski definition) is 3. The van der Waals surface area contributed by atoms with E-state index >= 15 is 0 Å². The van der Waals surface area contributed by atoms with Crippen LogP contribution in [-0.4, -0.2) is 36.0 Å². The van der Waals surface area contributed by atoms with Crippen LogP contribution in [0.25, 0.3) is 6.08 Å². The van der Waals surface area contributed by atoms with E-state index in [0.29, 0.717) is 12.4 Å². The molecule has 0 saturated carbocycles. The normalized spacial score (nSPS) is 15.2. The van der Waals surface area contributed by atoms with Crippen molar-refractivity contribution in [2.75, 3.05) is 20.1 Å². The maximum Gasteiger partial charge on any atom is 0.213 e. The van der Waals surface area contributed by atoms with E-state index in [1.165, 1.54) is 11.1 Å². The lowest BCUT2D eigenvalue weighted by Crippen LogP contribution is -2.44. The fraction of sp³-hybridized carbons (Fsp3) is 0.455. The van der Waals surface area contributed by atoms with Gasteiger partial charge in [0.2, 0.25) is 5.89 Å². The highest BCUT2D eigenvalue weighted by Crippen LogP contribution is 2.23. The van der Waals surface area contributed by atoms with Crippen molar-refractivity contribution in [3.63, 3.8) is 0 Å². The van der Waals surface area contributed by atoms with Crippen molar-refractivity contribution in [2.24, 2.45) is 4.99 Å². The second-order valence-electron chi connectivity index (χ2n) is 7.97. The molecule has 0 atom stereocenters. The van der Waals surface area contributed by atoms with Crippen LogP contribution in [0, 0.1) is 0 Å². The van der Waals surface area contributed by atoms with Gasteiger partial charge < -0.3 is 14.6 Å². The van der Waals surface area contributed by atoms with Crippen LogP contribution in [-0.2, 0) is 12.0 Å². The molecule has 2 aromatic rings. The number of guanidine groups is 1. The third-order valence-electron chi connectivity index (χ3n) is 4.78. The van der Waals surface area contributed by atoms with Gasteiger partial charge in [-0.1, -0.05) is 62.8 Å². The number of aromatic nitrogens is 1. The quantitative estimate of drug-likeness (QED) is 0.377. The van der Waals surface area contributed by atoms with Crippen molar-refractivity contribution < 1.29 is 4.42 Å². The fourth-order valence-corrected chi connectivity index (χ4v) is 3.16. The van der Waals surface area contributed by atoms with Crippen molar-refractivity contribution in [2.45, 2.75) is 45.6 Å². The summed E-state index contributed by atoms with van der Waals surface area (Å²) in [7, 11) is 1.83. The zero-order valence-electron chi connectivity index (χ0n) is 17.2. The van der Waals surface area contributed by atoms with Gasteiger partial charge >= 0.3 is 0 Å². The van der Waals surface area contributed by atoms with Gasteiger partial charge in [0.15, 0.2) is 5.96 Å². The van der Waals surface area contributed by atoms with Gasteiger partial charge in [-0.25, -0.2) is 4.98 Å². The van der Waals surface area contributed by atoms with Crippen molar-refractivity contribution in [1.82, 2.24) is 15.2 Å². The SMILES string of the molecule is CN=C(NCc1ncc(C(C)(C)C)o1)N1CCC(=Cc2ccccc2)CC1.I.